The lowest BCUT2D eigenvalue weighted by Gasteiger charge is -2.17. The van der Waals surface area contributed by atoms with Gasteiger partial charge in [-0.15, -0.1) is 0 Å². The molecule has 1 heterocycles. The molecule has 0 aliphatic rings. The Morgan fingerprint density at radius 2 is 1.70 bits per heavy atom. The van der Waals surface area contributed by atoms with Crippen LogP contribution in [0.1, 0.15) is 31.1 Å². The van der Waals surface area contributed by atoms with Gasteiger partial charge in [0.2, 0.25) is 5.75 Å². The molecule has 0 saturated heterocycles. The molecule has 0 radical (unpaired) electrons. The molecule has 0 spiro atoms. The molecular formula is C22H24FN3O4. The number of nitrogens with one attached hydrogen (secondary N) is 1. The van der Waals surface area contributed by atoms with Crippen molar-refractivity contribution in [3.8, 4) is 22.9 Å². The molecule has 0 atom stereocenters. The number of imidazole rings is 1. The Kier molecular flexibility index (Phi) is 6.90. The van der Waals surface area contributed by atoms with Gasteiger partial charge in [-0.25, -0.2) is 9.37 Å². The summed E-state index contributed by atoms with van der Waals surface area (Å²) in [6, 6.07) is 7.62. The van der Waals surface area contributed by atoms with Gasteiger partial charge in [-0.05, 0) is 51.1 Å². The van der Waals surface area contributed by atoms with Gasteiger partial charge in [0.05, 0.1) is 31.8 Å². The summed E-state index contributed by atoms with van der Waals surface area (Å²) in [5, 5.41) is 2.71. The fraction of sp³-hybridized carbons (Fsp3) is 0.273. The number of anilines is 1. The monoisotopic (exact) mass is 413 g/mol. The quantitative estimate of drug-likeness (QED) is 0.561. The fourth-order valence-electron chi connectivity index (χ4n) is 2.92. The predicted octanol–water partition coefficient (Wildman–Crippen LogP) is 4.46. The second-order valence-corrected chi connectivity index (χ2v) is 6.19. The lowest BCUT2D eigenvalue weighted by molar-refractivity contribution is 0.102. The van der Waals surface area contributed by atoms with Gasteiger partial charge in [0, 0.05) is 23.6 Å². The van der Waals surface area contributed by atoms with Gasteiger partial charge in [0.25, 0.3) is 5.91 Å². The number of amides is 1. The van der Waals surface area contributed by atoms with Crippen LogP contribution in [0.3, 0.4) is 0 Å². The van der Waals surface area contributed by atoms with E-state index in [4.69, 9.17) is 14.2 Å². The van der Waals surface area contributed by atoms with Gasteiger partial charge in [0.15, 0.2) is 11.5 Å². The maximum Gasteiger partial charge on any atom is 0.255 e. The highest BCUT2D eigenvalue weighted by molar-refractivity contribution is 6.05. The minimum absolute atomic E-state index is 0.310. The maximum absolute atomic E-state index is 14.5. The molecule has 7 nitrogen and oxygen atoms in total. The molecule has 0 unspecified atom stereocenters. The van der Waals surface area contributed by atoms with Gasteiger partial charge >= 0.3 is 0 Å². The topological polar surface area (TPSA) is 74.6 Å². The van der Waals surface area contributed by atoms with Crippen molar-refractivity contribution >= 4 is 11.6 Å². The molecule has 1 amide bonds. The zero-order valence-electron chi connectivity index (χ0n) is 17.1. The lowest BCUT2D eigenvalue weighted by Crippen LogP contribution is -2.13. The summed E-state index contributed by atoms with van der Waals surface area (Å²) in [5.41, 5.74) is 0.972. The number of aromatic nitrogens is 2. The Balaban J connectivity index is 1.88. The number of halogens is 1. The Labute approximate surface area is 174 Å². The number of ether oxygens (including phenoxy) is 3. The fourth-order valence-corrected chi connectivity index (χ4v) is 2.92. The standard InChI is InChI=1S/C22H24FN3O4/c1-4-28-19-11-15(12-20(29-5-2)21(19)30-6-3)22(27)25-16-7-8-18(17(23)13-16)26-10-9-24-14-26/h7-14H,4-6H2,1-3H3,(H,25,27). The number of nitrogens with zero attached hydrogens (tertiary/aromatic N) is 2. The Hall–Kier alpha value is -3.55. The first kappa shape index (κ1) is 21.2. The summed E-state index contributed by atoms with van der Waals surface area (Å²) >= 11 is 0. The highest BCUT2D eigenvalue weighted by Crippen LogP contribution is 2.39. The molecule has 0 aliphatic heterocycles. The maximum atomic E-state index is 14.5. The van der Waals surface area contributed by atoms with Crippen LogP contribution in [0.4, 0.5) is 10.1 Å². The number of hydrogen-bond donors (Lipinski definition) is 1. The van der Waals surface area contributed by atoms with E-state index >= 15 is 0 Å². The molecule has 3 rings (SSSR count). The average Bonchev–Trinajstić information content (AvgIpc) is 3.25. The molecule has 2 aromatic carbocycles. The Morgan fingerprint density at radius 3 is 2.23 bits per heavy atom. The van der Waals surface area contributed by atoms with Crippen molar-refractivity contribution < 1.29 is 23.4 Å². The van der Waals surface area contributed by atoms with Crippen LogP contribution in [0.2, 0.25) is 0 Å². The number of carbonyl (C=O) groups excluding carboxylic acids is 1. The van der Waals surface area contributed by atoms with E-state index in [2.05, 4.69) is 10.3 Å². The SMILES string of the molecule is CCOc1cc(C(=O)Nc2ccc(-n3ccnc3)c(F)c2)cc(OCC)c1OCC. The third-order valence-electron chi connectivity index (χ3n) is 4.16. The van der Waals surface area contributed by atoms with Crippen molar-refractivity contribution in [2.75, 3.05) is 25.1 Å². The van der Waals surface area contributed by atoms with Crippen molar-refractivity contribution in [1.29, 1.82) is 0 Å². The Morgan fingerprint density at radius 1 is 1.03 bits per heavy atom. The zero-order valence-corrected chi connectivity index (χ0v) is 17.1. The molecule has 158 valence electrons. The van der Waals surface area contributed by atoms with E-state index in [0.29, 0.717) is 54.0 Å². The normalized spacial score (nSPS) is 10.5. The van der Waals surface area contributed by atoms with Crippen molar-refractivity contribution in [1.82, 2.24) is 9.55 Å². The molecule has 1 N–H and O–H groups in total. The summed E-state index contributed by atoms with van der Waals surface area (Å²) < 4.78 is 33.0. The first-order valence-electron chi connectivity index (χ1n) is 9.73. The predicted molar refractivity (Wildman–Crippen MR) is 111 cm³/mol. The van der Waals surface area contributed by atoms with E-state index in [9.17, 15) is 9.18 Å². The third kappa shape index (κ3) is 4.71. The Bertz CT molecular complexity index is 979. The first-order valence-corrected chi connectivity index (χ1v) is 9.73. The van der Waals surface area contributed by atoms with E-state index in [0.717, 1.165) is 0 Å². The molecule has 0 fully saturated rings. The van der Waals surface area contributed by atoms with Crippen LogP contribution in [-0.2, 0) is 0 Å². The van der Waals surface area contributed by atoms with Crippen LogP contribution in [0.25, 0.3) is 5.69 Å². The van der Waals surface area contributed by atoms with Gasteiger partial charge in [-0.2, -0.15) is 0 Å². The molecule has 8 heteroatoms. The van der Waals surface area contributed by atoms with E-state index in [-0.39, 0.29) is 0 Å². The summed E-state index contributed by atoms with van der Waals surface area (Å²) in [7, 11) is 0. The molecule has 0 saturated carbocycles. The van der Waals surface area contributed by atoms with Crippen molar-refractivity contribution in [3.05, 3.63) is 60.4 Å². The van der Waals surface area contributed by atoms with Crippen LogP contribution in [-0.4, -0.2) is 35.3 Å². The van der Waals surface area contributed by atoms with Crippen LogP contribution in [0.15, 0.2) is 49.1 Å². The van der Waals surface area contributed by atoms with Crippen molar-refractivity contribution in [2.45, 2.75) is 20.8 Å². The molecule has 0 bridgehead atoms. The zero-order chi connectivity index (χ0) is 21.5. The van der Waals surface area contributed by atoms with Gasteiger partial charge in [0.1, 0.15) is 5.82 Å². The van der Waals surface area contributed by atoms with Crippen LogP contribution < -0.4 is 19.5 Å². The molecule has 1 aromatic heterocycles. The summed E-state index contributed by atoms with van der Waals surface area (Å²) in [6.07, 6.45) is 4.70. The second kappa shape index (κ2) is 9.78. The second-order valence-electron chi connectivity index (χ2n) is 6.19. The number of rotatable bonds is 9. The van der Waals surface area contributed by atoms with E-state index in [1.54, 1.807) is 41.2 Å². The summed E-state index contributed by atoms with van der Waals surface area (Å²) in [6.45, 7) is 6.76. The van der Waals surface area contributed by atoms with E-state index in [1.807, 2.05) is 20.8 Å². The summed E-state index contributed by atoms with van der Waals surface area (Å²) in [4.78, 5) is 16.7. The van der Waals surface area contributed by atoms with Gasteiger partial charge in [-0.1, -0.05) is 0 Å². The molecule has 30 heavy (non-hydrogen) atoms. The van der Waals surface area contributed by atoms with E-state index in [1.165, 1.54) is 12.4 Å². The number of benzene rings is 2. The molecule has 0 aliphatic carbocycles. The smallest absolute Gasteiger partial charge is 0.255 e. The first-order chi connectivity index (χ1) is 14.6. The number of carbonyl (C=O) groups is 1. The molecule has 3 aromatic rings. The van der Waals surface area contributed by atoms with Crippen LogP contribution >= 0.6 is 0 Å². The van der Waals surface area contributed by atoms with E-state index < -0.39 is 11.7 Å². The lowest BCUT2D eigenvalue weighted by atomic mass is 10.1. The summed E-state index contributed by atoms with van der Waals surface area (Å²) in [5.74, 6) is 0.375. The van der Waals surface area contributed by atoms with Gasteiger partial charge in [-0.3, -0.25) is 4.79 Å². The van der Waals surface area contributed by atoms with Crippen molar-refractivity contribution in [2.24, 2.45) is 0 Å². The largest absolute Gasteiger partial charge is 0.490 e. The average molecular weight is 413 g/mol. The molecular weight excluding hydrogens is 389 g/mol. The van der Waals surface area contributed by atoms with Crippen LogP contribution in [0, 0.1) is 5.82 Å². The van der Waals surface area contributed by atoms with Crippen LogP contribution in [0.5, 0.6) is 17.2 Å². The highest BCUT2D eigenvalue weighted by atomic mass is 19.1. The third-order valence-corrected chi connectivity index (χ3v) is 4.16. The van der Waals surface area contributed by atoms with Gasteiger partial charge < -0.3 is 24.1 Å². The minimum Gasteiger partial charge on any atom is -0.490 e. The van der Waals surface area contributed by atoms with Crippen molar-refractivity contribution in [3.63, 3.8) is 0 Å². The minimum atomic E-state index is -0.484. The number of hydrogen-bond acceptors (Lipinski definition) is 5. The highest BCUT2D eigenvalue weighted by Gasteiger charge is 2.19.